The Balaban J connectivity index is 0.00000338. The first kappa shape index (κ1) is 22.4. The van der Waals surface area contributed by atoms with Crippen molar-refractivity contribution in [3.05, 3.63) is 69.9 Å². The fraction of sp³-hybridized carbons (Fsp3) is 0.222. The molecule has 0 aliphatic rings. The molecule has 0 aliphatic heterocycles. The quantitative estimate of drug-likeness (QED) is 0.230. The lowest BCUT2D eigenvalue weighted by molar-refractivity contribution is 0.0954. The van der Waals surface area contributed by atoms with Gasteiger partial charge in [0, 0.05) is 42.3 Å². The lowest BCUT2D eigenvalue weighted by Gasteiger charge is -2.13. The normalized spacial score (nSPS) is 10.7. The Bertz CT molecular complexity index is 757. The molecule has 0 saturated carbocycles. The molecule has 0 aliphatic carbocycles. The molecule has 0 atom stereocenters. The Labute approximate surface area is 178 Å². The van der Waals surface area contributed by atoms with Crippen LogP contribution in [0, 0.1) is 5.82 Å². The van der Waals surface area contributed by atoms with Gasteiger partial charge in [-0.3, -0.25) is 9.79 Å². The molecule has 0 aromatic heterocycles. The number of aliphatic imine (C=N–C) groups is 1. The Kier molecular flexibility index (Phi) is 10.2. The fourth-order valence-electron chi connectivity index (χ4n) is 2.13. The molecule has 0 bridgehead atoms. The third-order valence-corrected chi connectivity index (χ3v) is 3.91. The molecule has 8 heteroatoms. The summed E-state index contributed by atoms with van der Waals surface area (Å²) in [7, 11) is 1.64. The molecule has 0 spiro atoms. The molecule has 2 aromatic rings. The second kappa shape index (κ2) is 11.8. The molecule has 140 valence electrons. The minimum absolute atomic E-state index is 0. The maximum atomic E-state index is 13.6. The van der Waals surface area contributed by atoms with Gasteiger partial charge in [0.25, 0.3) is 5.91 Å². The van der Waals surface area contributed by atoms with Crippen LogP contribution in [0.25, 0.3) is 0 Å². The predicted octanol–water partition coefficient (Wildman–Crippen LogP) is 3.30. The number of nitrogens with one attached hydrogen (secondary N) is 3. The van der Waals surface area contributed by atoms with E-state index in [2.05, 4.69) is 36.9 Å². The summed E-state index contributed by atoms with van der Waals surface area (Å²) in [5.74, 6) is 0.143. The third-order valence-electron chi connectivity index (χ3n) is 3.42. The van der Waals surface area contributed by atoms with Crippen molar-refractivity contribution in [2.45, 2.75) is 6.54 Å². The summed E-state index contributed by atoms with van der Waals surface area (Å²) in [4.78, 5) is 16.1. The average Bonchev–Trinajstić information content (AvgIpc) is 2.62. The van der Waals surface area contributed by atoms with Crippen molar-refractivity contribution in [2.75, 3.05) is 20.1 Å². The van der Waals surface area contributed by atoms with Crippen molar-refractivity contribution >= 4 is 51.8 Å². The highest BCUT2D eigenvalue weighted by Gasteiger charge is 2.05. The molecule has 3 N–H and O–H groups in total. The van der Waals surface area contributed by atoms with E-state index >= 15 is 0 Å². The molecule has 0 heterocycles. The number of guanidine groups is 1. The zero-order valence-electron chi connectivity index (χ0n) is 14.3. The van der Waals surface area contributed by atoms with Crippen LogP contribution in [-0.4, -0.2) is 32.0 Å². The minimum atomic E-state index is -0.258. The van der Waals surface area contributed by atoms with E-state index in [0.29, 0.717) is 36.7 Å². The zero-order valence-corrected chi connectivity index (χ0v) is 18.2. The molecule has 2 rings (SSSR count). The number of nitrogens with zero attached hydrogens (tertiary/aromatic N) is 1. The molecule has 0 fully saturated rings. The monoisotopic (exact) mass is 534 g/mol. The molecular weight excluding hydrogens is 514 g/mol. The summed E-state index contributed by atoms with van der Waals surface area (Å²) >= 11 is 3.34. The Hall–Kier alpha value is -1.68. The number of halogens is 3. The van der Waals surface area contributed by atoms with Crippen LogP contribution in [0.15, 0.2) is 58.0 Å². The second-order valence-electron chi connectivity index (χ2n) is 5.21. The Morgan fingerprint density at radius 3 is 2.50 bits per heavy atom. The molecule has 0 unspecified atom stereocenters. The summed E-state index contributed by atoms with van der Waals surface area (Å²) in [5.41, 5.74) is 1.16. The Morgan fingerprint density at radius 2 is 1.81 bits per heavy atom. The van der Waals surface area contributed by atoms with Crippen LogP contribution in [-0.2, 0) is 6.54 Å². The van der Waals surface area contributed by atoms with Gasteiger partial charge in [-0.15, -0.1) is 24.0 Å². The van der Waals surface area contributed by atoms with Crippen molar-refractivity contribution in [2.24, 2.45) is 4.99 Å². The highest BCUT2D eigenvalue weighted by atomic mass is 127. The van der Waals surface area contributed by atoms with Gasteiger partial charge in [-0.25, -0.2) is 4.39 Å². The summed E-state index contributed by atoms with van der Waals surface area (Å²) in [6, 6.07) is 13.8. The lowest BCUT2D eigenvalue weighted by atomic mass is 10.2. The highest BCUT2D eigenvalue weighted by Crippen LogP contribution is 2.11. The van der Waals surface area contributed by atoms with E-state index in [1.54, 1.807) is 37.4 Å². The van der Waals surface area contributed by atoms with E-state index in [-0.39, 0.29) is 35.7 Å². The van der Waals surface area contributed by atoms with Gasteiger partial charge in [0.2, 0.25) is 0 Å². The van der Waals surface area contributed by atoms with Crippen LogP contribution in [0.3, 0.4) is 0 Å². The first-order valence-corrected chi connectivity index (χ1v) is 8.61. The smallest absolute Gasteiger partial charge is 0.251 e. The van der Waals surface area contributed by atoms with E-state index in [0.717, 1.165) is 4.47 Å². The maximum absolute atomic E-state index is 13.6. The SMILES string of the molecule is CN=C(NCCNC(=O)c1cccc(Br)c1)NCc1ccccc1F.I. The first-order valence-electron chi connectivity index (χ1n) is 7.82. The van der Waals surface area contributed by atoms with Crippen molar-refractivity contribution in [3.8, 4) is 0 Å². The second-order valence-corrected chi connectivity index (χ2v) is 6.13. The van der Waals surface area contributed by atoms with Crippen molar-refractivity contribution in [1.29, 1.82) is 0 Å². The summed E-state index contributed by atoms with van der Waals surface area (Å²) < 4.78 is 14.4. The van der Waals surface area contributed by atoms with Crippen molar-refractivity contribution in [3.63, 3.8) is 0 Å². The molecule has 0 saturated heterocycles. The van der Waals surface area contributed by atoms with Crippen LogP contribution >= 0.6 is 39.9 Å². The summed E-state index contributed by atoms with van der Waals surface area (Å²) in [6.45, 7) is 1.26. The van der Waals surface area contributed by atoms with Gasteiger partial charge in [0.1, 0.15) is 5.82 Å². The van der Waals surface area contributed by atoms with Crippen LogP contribution in [0.4, 0.5) is 4.39 Å². The van der Waals surface area contributed by atoms with E-state index in [9.17, 15) is 9.18 Å². The Morgan fingerprint density at radius 1 is 1.08 bits per heavy atom. The molecule has 1 amide bonds. The highest BCUT2D eigenvalue weighted by molar-refractivity contribution is 14.0. The molecule has 26 heavy (non-hydrogen) atoms. The number of hydrogen-bond acceptors (Lipinski definition) is 2. The minimum Gasteiger partial charge on any atom is -0.355 e. The standard InChI is InChI=1S/C18H20BrFN4O.HI/c1-21-18(24-12-14-5-2-3-8-16(14)20)23-10-9-22-17(25)13-6-4-7-15(19)11-13;/h2-8,11H,9-10,12H2,1H3,(H,22,25)(H2,21,23,24);1H. The first-order chi connectivity index (χ1) is 12.1. The summed E-state index contributed by atoms with van der Waals surface area (Å²) in [6.07, 6.45) is 0. The van der Waals surface area contributed by atoms with Gasteiger partial charge in [0.15, 0.2) is 5.96 Å². The van der Waals surface area contributed by atoms with Gasteiger partial charge in [0.05, 0.1) is 0 Å². The van der Waals surface area contributed by atoms with Gasteiger partial charge in [-0.1, -0.05) is 40.2 Å². The van der Waals surface area contributed by atoms with Crippen molar-refractivity contribution < 1.29 is 9.18 Å². The van der Waals surface area contributed by atoms with Gasteiger partial charge < -0.3 is 16.0 Å². The van der Waals surface area contributed by atoms with Gasteiger partial charge >= 0.3 is 0 Å². The number of amides is 1. The van der Waals surface area contributed by atoms with Crippen LogP contribution < -0.4 is 16.0 Å². The predicted molar refractivity (Wildman–Crippen MR) is 116 cm³/mol. The van der Waals surface area contributed by atoms with Crippen LogP contribution in [0.2, 0.25) is 0 Å². The molecule has 0 radical (unpaired) electrons. The maximum Gasteiger partial charge on any atom is 0.251 e. The number of carbonyl (C=O) groups excluding carboxylic acids is 1. The van der Waals surface area contributed by atoms with Gasteiger partial charge in [-0.05, 0) is 24.3 Å². The van der Waals surface area contributed by atoms with E-state index in [1.165, 1.54) is 6.07 Å². The summed E-state index contributed by atoms with van der Waals surface area (Å²) in [5, 5.41) is 8.93. The van der Waals surface area contributed by atoms with Crippen molar-refractivity contribution in [1.82, 2.24) is 16.0 Å². The molecular formula is C18H21BrFIN4O. The topological polar surface area (TPSA) is 65.5 Å². The van der Waals surface area contributed by atoms with E-state index in [4.69, 9.17) is 0 Å². The molecule has 5 nitrogen and oxygen atoms in total. The van der Waals surface area contributed by atoms with E-state index < -0.39 is 0 Å². The number of rotatable bonds is 6. The molecule has 2 aromatic carbocycles. The van der Waals surface area contributed by atoms with Gasteiger partial charge in [-0.2, -0.15) is 0 Å². The third kappa shape index (κ3) is 7.28. The largest absolute Gasteiger partial charge is 0.355 e. The number of benzene rings is 2. The zero-order chi connectivity index (χ0) is 18.1. The van der Waals surface area contributed by atoms with Crippen LogP contribution in [0.1, 0.15) is 15.9 Å². The number of carbonyl (C=O) groups is 1. The van der Waals surface area contributed by atoms with E-state index in [1.807, 2.05) is 12.1 Å². The fourth-order valence-corrected chi connectivity index (χ4v) is 2.53. The van der Waals surface area contributed by atoms with Crippen LogP contribution in [0.5, 0.6) is 0 Å². The average molecular weight is 535 g/mol. The number of hydrogen-bond donors (Lipinski definition) is 3. The lowest BCUT2D eigenvalue weighted by Crippen LogP contribution is -2.41.